The minimum absolute atomic E-state index is 0.153. The van der Waals surface area contributed by atoms with Crippen LogP contribution in [0.2, 0.25) is 0 Å². The third kappa shape index (κ3) is 2.83. The van der Waals surface area contributed by atoms with E-state index in [1.54, 1.807) is 13.8 Å². The first-order valence-electron chi connectivity index (χ1n) is 6.17. The van der Waals surface area contributed by atoms with Crippen LogP contribution in [-0.4, -0.2) is 23.0 Å². The number of rotatable bonds is 3. The SMILES string of the molecule is CC(C)c1nc(CN2CCC2)ccc1C(F)(F)F. The highest BCUT2D eigenvalue weighted by Gasteiger charge is 2.35. The summed E-state index contributed by atoms with van der Waals surface area (Å²) in [6.07, 6.45) is -3.15. The van der Waals surface area contributed by atoms with Gasteiger partial charge in [-0.2, -0.15) is 13.2 Å². The smallest absolute Gasteiger partial charge is 0.297 e. The lowest BCUT2D eigenvalue weighted by atomic mass is 10.0. The van der Waals surface area contributed by atoms with Crippen LogP contribution in [0.15, 0.2) is 12.1 Å². The Hall–Kier alpha value is -1.10. The molecule has 0 bridgehead atoms. The third-order valence-corrected chi connectivity index (χ3v) is 3.17. The average molecular weight is 258 g/mol. The fraction of sp³-hybridized carbons (Fsp3) is 0.615. The predicted octanol–water partition coefficient (Wildman–Crippen LogP) is 3.43. The molecule has 5 heteroatoms. The molecule has 100 valence electrons. The van der Waals surface area contributed by atoms with Crippen molar-refractivity contribution in [3.05, 3.63) is 29.1 Å². The van der Waals surface area contributed by atoms with Crippen LogP contribution in [0.5, 0.6) is 0 Å². The number of aromatic nitrogens is 1. The van der Waals surface area contributed by atoms with Gasteiger partial charge in [-0.05, 0) is 37.6 Å². The second-order valence-electron chi connectivity index (χ2n) is 5.02. The van der Waals surface area contributed by atoms with Crippen molar-refractivity contribution in [3.8, 4) is 0 Å². The highest BCUT2D eigenvalue weighted by molar-refractivity contribution is 5.28. The van der Waals surface area contributed by atoms with Gasteiger partial charge in [0.25, 0.3) is 0 Å². The van der Waals surface area contributed by atoms with Crippen LogP contribution in [0.1, 0.15) is 43.1 Å². The molecule has 0 aromatic carbocycles. The van der Waals surface area contributed by atoms with Gasteiger partial charge in [-0.1, -0.05) is 13.8 Å². The van der Waals surface area contributed by atoms with Crippen LogP contribution in [0, 0.1) is 0 Å². The molecule has 2 nitrogen and oxygen atoms in total. The molecule has 18 heavy (non-hydrogen) atoms. The van der Waals surface area contributed by atoms with E-state index < -0.39 is 11.7 Å². The zero-order chi connectivity index (χ0) is 13.3. The zero-order valence-electron chi connectivity index (χ0n) is 10.6. The summed E-state index contributed by atoms with van der Waals surface area (Å²) in [7, 11) is 0. The number of hydrogen-bond donors (Lipinski definition) is 0. The molecule has 0 amide bonds. The molecule has 0 radical (unpaired) electrons. The van der Waals surface area contributed by atoms with Crippen molar-refractivity contribution in [2.24, 2.45) is 0 Å². The Bertz CT molecular complexity index is 423. The van der Waals surface area contributed by atoms with Gasteiger partial charge in [-0.25, -0.2) is 0 Å². The fourth-order valence-corrected chi connectivity index (χ4v) is 2.05. The van der Waals surface area contributed by atoms with Crippen LogP contribution in [0.4, 0.5) is 13.2 Å². The van der Waals surface area contributed by atoms with Crippen LogP contribution >= 0.6 is 0 Å². The van der Waals surface area contributed by atoms with Crippen LogP contribution in [-0.2, 0) is 12.7 Å². The Balaban J connectivity index is 2.27. The number of likely N-dealkylation sites (tertiary alicyclic amines) is 1. The van der Waals surface area contributed by atoms with Crippen molar-refractivity contribution in [3.63, 3.8) is 0 Å². The van der Waals surface area contributed by atoms with Crippen molar-refractivity contribution in [2.75, 3.05) is 13.1 Å². The first kappa shape index (κ1) is 13.3. The van der Waals surface area contributed by atoms with Crippen LogP contribution in [0.3, 0.4) is 0 Å². The maximum Gasteiger partial charge on any atom is 0.418 e. The van der Waals surface area contributed by atoms with Crippen LogP contribution in [0.25, 0.3) is 0 Å². The minimum Gasteiger partial charge on any atom is -0.297 e. The molecule has 0 atom stereocenters. The first-order chi connectivity index (χ1) is 8.38. The molecule has 0 unspecified atom stereocenters. The maximum atomic E-state index is 12.8. The van der Waals surface area contributed by atoms with E-state index in [-0.39, 0.29) is 11.6 Å². The summed E-state index contributed by atoms with van der Waals surface area (Å²) in [5.41, 5.74) is 0.275. The molecule has 0 spiro atoms. The van der Waals surface area contributed by atoms with Gasteiger partial charge in [0.2, 0.25) is 0 Å². The van der Waals surface area contributed by atoms with Gasteiger partial charge in [-0.15, -0.1) is 0 Å². The van der Waals surface area contributed by atoms with Crippen LogP contribution < -0.4 is 0 Å². The van der Waals surface area contributed by atoms with Crippen molar-refractivity contribution in [2.45, 2.75) is 38.9 Å². The fourth-order valence-electron chi connectivity index (χ4n) is 2.05. The maximum absolute atomic E-state index is 12.8. The molecular formula is C13H17F3N2. The number of alkyl halides is 3. The molecule has 1 aromatic rings. The van der Waals surface area contributed by atoms with Gasteiger partial charge in [0.1, 0.15) is 0 Å². The van der Waals surface area contributed by atoms with E-state index in [9.17, 15) is 13.2 Å². The van der Waals surface area contributed by atoms with Crippen molar-refractivity contribution < 1.29 is 13.2 Å². The van der Waals surface area contributed by atoms with Gasteiger partial charge in [-0.3, -0.25) is 9.88 Å². The molecular weight excluding hydrogens is 241 g/mol. The van der Waals surface area contributed by atoms with E-state index in [1.165, 1.54) is 6.07 Å². The molecule has 1 aliphatic heterocycles. The van der Waals surface area contributed by atoms with Crippen molar-refractivity contribution >= 4 is 0 Å². The molecule has 0 N–H and O–H groups in total. The second-order valence-corrected chi connectivity index (χ2v) is 5.02. The van der Waals surface area contributed by atoms with Gasteiger partial charge < -0.3 is 0 Å². The minimum atomic E-state index is -4.32. The normalized spacial score (nSPS) is 17.0. The summed E-state index contributed by atoms with van der Waals surface area (Å²) >= 11 is 0. The first-order valence-corrected chi connectivity index (χ1v) is 6.17. The Kier molecular flexibility index (Phi) is 3.61. The molecule has 0 aliphatic carbocycles. The summed E-state index contributed by atoms with van der Waals surface area (Å²) in [6.45, 7) is 6.16. The topological polar surface area (TPSA) is 16.1 Å². The Morgan fingerprint density at radius 1 is 1.28 bits per heavy atom. The lowest BCUT2D eigenvalue weighted by molar-refractivity contribution is -0.138. The van der Waals surface area contributed by atoms with E-state index in [1.807, 2.05) is 0 Å². The summed E-state index contributed by atoms with van der Waals surface area (Å²) in [6, 6.07) is 2.66. The van der Waals surface area contributed by atoms with E-state index in [0.717, 1.165) is 31.3 Å². The van der Waals surface area contributed by atoms with E-state index in [0.29, 0.717) is 6.54 Å². The molecule has 1 fully saturated rings. The number of hydrogen-bond acceptors (Lipinski definition) is 2. The lowest BCUT2D eigenvalue weighted by Crippen LogP contribution is -2.36. The Labute approximate surface area is 105 Å². The quantitative estimate of drug-likeness (QED) is 0.825. The highest BCUT2D eigenvalue weighted by atomic mass is 19.4. The van der Waals surface area contributed by atoms with Gasteiger partial charge in [0.05, 0.1) is 17.0 Å². The van der Waals surface area contributed by atoms with E-state index in [4.69, 9.17) is 0 Å². The molecule has 2 heterocycles. The number of pyridine rings is 1. The van der Waals surface area contributed by atoms with Crippen molar-refractivity contribution in [1.29, 1.82) is 0 Å². The summed E-state index contributed by atoms with van der Waals surface area (Å²) in [4.78, 5) is 6.38. The highest BCUT2D eigenvalue weighted by Crippen LogP contribution is 2.34. The predicted molar refractivity (Wildman–Crippen MR) is 63.2 cm³/mol. The average Bonchev–Trinajstić information content (AvgIpc) is 2.21. The monoisotopic (exact) mass is 258 g/mol. The molecule has 1 aromatic heterocycles. The lowest BCUT2D eigenvalue weighted by Gasteiger charge is -2.30. The molecule has 2 rings (SSSR count). The molecule has 1 aliphatic rings. The number of halogens is 3. The Morgan fingerprint density at radius 3 is 2.39 bits per heavy atom. The zero-order valence-corrected chi connectivity index (χ0v) is 10.6. The third-order valence-electron chi connectivity index (χ3n) is 3.17. The second kappa shape index (κ2) is 4.88. The standard InChI is InChI=1S/C13H17F3N2/c1-9(2)12-11(13(14,15)16)5-4-10(17-12)8-18-6-3-7-18/h4-5,9H,3,6-8H2,1-2H3. The Morgan fingerprint density at radius 2 is 1.94 bits per heavy atom. The van der Waals surface area contributed by atoms with Gasteiger partial charge in [0.15, 0.2) is 0 Å². The van der Waals surface area contributed by atoms with E-state index in [2.05, 4.69) is 9.88 Å². The summed E-state index contributed by atoms with van der Waals surface area (Å²) in [5.74, 6) is -0.224. The largest absolute Gasteiger partial charge is 0.418 e. The summed E-state index contributed by atoms with van der Waals surface area (Å²) in [5, 5.41) is 0. The van der Waals surface area contributed by atoms with Gasteiger partial charge >= 0.3 is 6.18 Å². The summed E-state index contributed by atoms with van der Waals surface area (Å²) < 4.78 is 38.5. The van der Waals surface area contributed by atoms with E-state index >= 15 is 0 Å². The van der Waals surface area contributed by atoms with Crippen molar-refractivity contribution in [1.82, 2.24) is 9.88 Å². The molecule has 0 saturated carbocycles. The van der Waals surface area contributed by atoms with Gasteiger partial charge in [0, 0.05) is 6.54 Å². The molecule has 1 saturated heterocycles. The number of nitrogens with zero attached hydrogens (tertiary/aromatic N) is 2.